The van der Waals surface area contributed by atoms with Crippen LogP contribution in [-0.2, 0) is 0 Å². The highest BCUT2D eigenvalue weighted by Gasteiger charge is 1.99. The first-order valence-corrected chi connectivity index (χ1v) is 3.13. The van der Waals surface area contributed by atoms with E-state index in [1.165, 1.54) is 0 Å². The molecule has 0 saturated heterocycles. The first kappa shape index (κ1) is 6.85. The highest BCUT2D eigenvalue weighted by Crippen LogP contribution is 1.99. The van der Waals surface area contributed by atoms with E-state index in [2.05, 4.69) is 20.5 Å². The maximum atomic E-state index is 5.29. The Morgan fingerprint density at radius 2 is 2.30 bits per heavy atom. The van der Waals surface area contributed by atoms with Crippen molar-refractivity contribution in [1.82, 2.24) is 15.2 Å². The van der Waals surface area contributed by atoms with Gasteiger partial charge in [0.2, 0.25) is 11.9 Å². The van der Waals surface area contributed by atoms with Crippen molar-refractivity contribution in [3.05, 3.63) is 0 Å². The fourth-order valence-electron chi connectivity index (χ4n) is 0.597. The third-order valence-corrected chi connectivity index (χ3v) is 0.920. The first-order chi connectivity index (χ1) is 4.68. The monoisotopic (exact) mass is 141 g/mol. The molecule has 1 aromatic heterocycles. The van der Waals surface area contributed by atoms with Gasteiger partial charge in [0.15, 0.2) is 0 Å². The van der Waals surface area contributed by atoms with E-state index in [-0.39, 0.29) is 0 Å². The summed E-state index contributed by atoms with van der Waals surface area (Å²) >= 11 is 0. The molecule has 1 heterocycles. The number of anilines is 2. The highest BCUT2D eigenvalue weighted by atomic mass is 15.3. The summed E-state index contributed by atoms with van der Waals surface area (Å²) in [5.74, 6) is 0.885. The average Bonchev–Trinajstić information content (AvgIpc) is 2.13. The molecule has 0 spiro atoms. The van der Waals surface area contributed by atoms with Crippen LogP contribution in [0.25, 0.3) is 0 Å². The van der Waals surface area contributed by atoms with Crippen LogP contribution >= 0.6 is 0 Å². The molecule has 56 valence electrons. The predicted octanol–water partition coefficient (Wildman–Crippen LogP) is 0.207. The second-order valence-electron chi connectivity index (χ2n) is 2.34. The van der Waals surface area contributed by atoms with E-state index in [9.17, 15) is 0 Å². The molecule has 0 radical (unpaired) electrons. The smallest absolute Gasteiger partial charge is 0.243 e. The number of hydrogen-bond donors (Lipinski definition) is 3. The lowest BCUT2D eigenvalue weighted by Crippen LogP contribution is -2.10. The minimum absolute atomic E-state index is 0.329. The van der Waals surface area contributed by atoms with Crippen LogP contribution in [0.1, 0.15) is 13.8 Å². The quantitative estimate of drug-likeness (QED) is 0.550. The van der Waals surface area contributed by atoms with Gasteiger partial charge in [-0.2, -0.15) is 4.98 Å². The topological polar surface area (TPSA) is 79.6 Å². The summed E-state index contributed by atoms with van der Waals surface area (Å²) in [4.78, 5) is 3.85. The molecule has 0 saturated carbocycles. The fourth-order valence-corrected chi connectivity index (χ4v) is 0.597. The molecule has 0 atom stereocenters. The molecule has 0 aliphatic heterocycles. The van der Waals surface area contributed by atoms with E-state index in [0.717, 1.165) is 0 Å². The number of aromatic nitrogens is 3. The number of aromatic amines is 1. The second-order valence-corrected chi connectivity index (χ2v) is 2.34. The van der Waals surface area contributed by atoms with Crippen LogP contribution in [0.5, 0.6) is 0 Å². The van der Waals surface area contributed by atoms with Gasteiger partial charge in [-0.15, -0.1) is 5.10 Å². The maximum Gasteiger partial charge on any atom is 0.243 e. The van der Waals surface area contributed by atoms with Crippen molar-refractivity contribution in [1.29, 1.82) is 0 Å². The van der Waals surface area contributed by atoms with Gasteiger partial charge in [0.1, 0.15) is 0 Å². The Morgan fingerprint density at radius 1 is 1.60 bits per heavy atom. The summed E-state index contributed by atoms with van der Waals surface area (Å²) in [6, 6.07) is 0.329. The van der Waals surface area contributed by atoms with Gasteiger partial charge >= 0.3 is 0 Å². The zero-order valence-corrected chi connectivity index (χ0v) is 6.05. The summed E-state index contributed by atoms with van der Waals surface area (Å²) in [5, 5.41) is 9.30. The summed E-state index contributed by atoms with van der Waals surface area (Å²) < 4.78 is 0. The molecule has 5 heteroatoms. The SMILES string of the molecule is CC(C)Nc1n[nH]c(N)n1. The Labute approximate surface area is 59.0 Å². The molecule has 1 rings (SSSR count). The van der Waals surface area contributed by atoms with Crippen LogP contribution in [0.3, 0.4) is 0 Å². The van der Waals surface area contributed by atoms with Crippen molar-refractivity contribution in [3.63, 3.8) is 0 Å². The molecular formula is C5H11N5. The molecule has 1 aromatic rings. The molecule has 0 unspecified atom stereocenters. The lowest BCUT2D eigenvalue weighted by Gasteiger charge is -2.02. The molecule has 0 fully saturated rings. The van der Waals surface area contributed by atoms with Crippen LogP contribution in [0.4, 0.5) is 11.9 Å². The molecular weight excluding hydrogens is 130 g/mol. The zero-order valence-electron chi connectivity index (χ0n) is 6.05. The molecule has 0 bridgehead atoms. The first-order valence-electron chi connectivity index (χ1n) is 3.13. The van der Waals surface area contributed by atoms with Crippen LogP contribution < -0.4 is 11.1 Å². The minimum atomic E-state index is 0.329. The molecule has 4 N–H and O–H groups in total. The van der Waals surface area contributed by atoms with Crippen LogP contribution in [-0.4, -0.2) is 21.2 Å². The van der Waals surface area contributed by atoms with Gasteiger partial charge < -0.3 is 11.1 Å². The van der Waals surface area contributed by atoms with Gasteiger partial charge in [0, 0.05) is 6.04 Å². The Kier molecular flexibility index (Phi) is 1.75. The van der Waals surface area contributed by atoms with Gasteiger partial charge in [0.25, 0.3) is 0 Å². The standard InChI is InChI=1S/C5H11N5/c1-3(2)7-5-8-4(6)9-10-5/h3H,1-2H3,(H4,6,7,8,9,10). The highest BCUT2D eigenvalue weighted by molar-refractivity contribution is 5.30. The Hall–Kier alpha value is -1.26. The lowest BCUT2D eigenvalue weighted by molar-refractivity contribution is 0.876. The lowest BCUT2D eigenvalue weighted by atomic mass is 10.4. The summed E-state index contributed by atoms with van der Waals surface area (Å²) in [5.41, 5.74) is 5.29. The van der Waals surface area contributed by atoms with Gasteiger partial charge in [-0.1, -0.05) is 0 Å². The van der Waals surface area contributed by atoms with Gasteiger partial charge in [-0.3, -0.25) is 0 Å². The van der Waals surface area contributed by atoms with E-state index >= 15 is 0 Å². The molecule has 0 amide bonds. The average molecular weight is 141 g/mol. The zero-order chi connectivity index (χ0) is 7.56. The predicted molar refractivity (Wildman–Crippen MR) is 39.6 cm³/mol. The third-order valence-electron chi connectivity index (χ3n) is 0.920. The number of nitrogens with zero attached hydrogens (tertiary/aromatic N) is 2. The minimum Gasteiger partial charge on any atom is -0.368 e. The van der Waals surface area contributed by atoms with Crippen molar-refractivity contribution < 1.29 is 0 Å². The van der Waals surface area contributed by atoms with Gasteiger partial charge in [0.05, 0.1) is 0 Å². The van der Waals surface area contributed by atoms with Crippen molar-refractivity contribution in [3.8, 4) is 0 Å². The van der Waals surface area contributed by atoms with Crippen LogP contribution in [0.2, 0.25) is 0 Å². The van der Waals surface area contributed by atoms with E-state index in [1.807, 2.05) is 13.8 Å². The number of nitrogens with two attached hydrogens (primary N) is 1. The van der Waals surface area contributed by atoms with Crippen molar-refractivity contribution in [2.24, 2.45) is 0 Å². The molecule has 0 aliphatic rings. The van der Waals surface area contributed by atoms with Gasteiger partial charge in [-0.05, 0) is 13.8 Å². The molecule has 0 aromatic carbocycles. The van der Waals surface area contributed by atoms with Gasteiger partial charge in [-0.25, -0.2) is 5.10 Å². The summed E-state index contributed by atoms with van der Waals surface area (Å²) in [6.45, 7) is 4.01. The van der Waals surface area contributed by atoms with Crippen LogP contribution in [0.15, 0.2) is 0 Å². The largest absolute Gasteiger partial charge is 0.368 e. The Bertz CT molecular complexity index is 204. The molecule has 10 heavy (non-hydrogen) atoms. The van der Waals surface area contributed by atoms with E-state index in [4.69, 9.17) is 5.73 Å². The maximum absolute atomic E-state index is 5.29. The van der Waals surface area contributed by atoms with Crippen molar-refractivity contribution in [2.75, 3.05) is 11.1 Å². The molecule has 5 nitrogen and oxygen atoms in total. The van der Waals surface area contributed by atoms with Crippen molar-refractivity contribution in [2.45, 2.75) is 19.9 Å². The van der Waals surface area contributed by atoms with E-state index in [1.54, 1.807) is 0 Å². The number of rotatable bonds is 2. The Morgan fingerprint density at radius 3 is 2.70 bits per heavy atom. The molecule has 0 aliphatic carbocycles. The number of nitrogens with one attached hydrogen (secondary N) is 2. The number of H-pyrrole nitrogens is 1. The van der Waals surface area contributed by atoms with E-state index in [0.29, 0.717) is 17.9 Å². The van der Waals surface area contributed by atoms with Crippen molar-refractivity contribution >= 4 is 11.9 Å². The van der Waals surface area contributed by atoms with E-state index < -0.39 is 0 Å². The fraction of sp³-hybridized carbons (Fsp3) is 0.600. The third kappa shape index (κ3) is 1.61. The Balaban J connectivity index is 2.58. The normalized spacial score (nSPS) is 10.3. The second kappa shape index (κ2) is 2.55. The number of nitrogen functional groups attached to an aromatic ring is 1. The summed E-state index contributed by atoms with van der Waals surface area (Å²) in [6.07, 6.45) is 0. The number of hydrogen-bond acceptors (Lipinski definition) is 4. The summed E-state index contributed by atoms with van der Waals surface area (Å²) in [7, 11) is 0. The van der Waals surface area contributed by atoms with Crippen LogP contribution in [0, 0.1) is 0 Å².